The van der Waals surface area contributed by atoms with Crippen molar-refractivity contribution in [3.63, 3.8) is 0 Å². The van der Waals surface area contributed by atoms with E-state index in [1.807, 2.05) is 6.08 Å². The van der Waals surface area contributed by atoms with Gasteiger partial charge in [0.05, 0.1) is 31.3 Å². The quantitative estimate of drug-likeness (QED) is 0.0362. The maximum absolute atomic E-state index is 12.5. The highest BCUT2D eigenvalue weighted by Gasteiger charge is 2.20. The van der Waals surface area contributed by atoms with E-state index in [9.17, 15) is 20.1 Å². The molecule has 0 radical (unpaired) electrons. The van der Waals surface area contributed by atoms with Crippen LogP contribution in [-0.2, 0) is 4.79 Å². The predicted molar refractivity (Wildman–Crippen MR) is 278 cm³/mol. The van der Waals surface area contributed by atoms with E-state index < -0.39 is 18.2 Å². The molecule has 0 aromatic rings. The second kappa shape index (κ2) is 53.7. The molecule has 5 heteroatoms. The molecule has 63 heavy (non-hydrogen) atoms. The summed E-state index contributed by atoms with van der Waals surface area (Å²) in [6.07, 6.45) is 67.0. The normalized spacial score (nSPS) is 13.3. The smallest absolute Gasteiger partial charge is 0.222 e. The van der Waals surface area contributed by atoms with Crippen LogP contribution in [0.3, 0.4) is 0 Å². The van der Waals surface area contributed by atoms with Crippen LogP contribution in [-0.4, -0.2) is 46.1 Å². The molecule has 5 nitrogen and oxygen atoms in total. The molecule has 0 fully saturated rings. The molecule has 0 aliphatic rings. The summed E-state index contributed by atoms with van der Waals surface area (Å²) in [5.74, 6) is -0.308. The number of aliphatic hydroxyl groups excluding tert-OH is 3. The molecule has 4 N–H and O–H groups in total. The molecule has 3 atom stereocenters. The number of hydrogen-bond acceptors (Lipinski definition) is 4. The summed E-state index contributed by atoms with van der Waals surface area (Å²) in [5, 5.41) is 33.5. The third-order valence-electron chi connectivity index (χ3n) is 13.8. The van der Waals surface area contributed by atoms with Crippen molar-refractivity contribution in [3.05, 3.63) is 12.2 Å². The van der Waals surface area contributed by atoms with Crippen molar-refractivity contribution in [1.82, 2.24) is 5.32 Å². The Kier molecular flexibility index (Phi) is 52.9. The summed E-state index contributed by atoms with van der Waals surface area (Å²) in [6.45, 7) is 4.26. The van der Waals surface area contributed by atoms with E-state index in [-0.39, 0.29) is 18.9 Å². The van der Waals surface area contributed by atoms with Crippen LogP contribution >= 0.6 is 0 Å². The zero-order valence-corrected chi connectivity index (χ0v) is 43.0. The number of hydrogen-bond donors (Lipinski definition) is 4. The van der Waals surface area contributed by atoms with Gasteiger partial charge >= 0.3 is 0 Å². The monoisotopic (exact) mass is 890 g/mol. The Bertz CT molecular complexity index is 894. The Morgan fingerprint density at radius 2 is 0.651 bits per heavy atom. The lowest BCUT2D eigenvalue weighted by molar-refractivity contribution is -0.124. The largest absolute Gasteiger partial charge is 0.394 e. The molecule has 0 saturated carbocycles. The van der Waals surface area contributed by atoms with E-state index in [1.165, 1.54) is 276 Å². The van der Waals surface area contributed by atoms with Gasteiger partial charge in [-0.2, -0.15) is 0 Å². The first-order valence-electron chi connectivity index (χ1n) is 29.0. The van der Waals surface area contributed by atoms with Crippen LogP contribution in [0.25, 0.3) is 0 Å². The molecule has 0 rings (SSSR count). The highest BCUT2D eigenvalue weighted by Crippen LogP contribution is 2.18. The standard InChI is InChI=1S/C58H115NO4/c1-3-5-7-9-11-13-15-17-19-21-23-24-25-26-27-28-29-30-31-32-34-35-37-39-41-43-45-47-49-51-55(61)53-58(63)59-56(54-60)57(62)52-50-48-46-44-42-40-38-36-33-22-20-18-16-14-12-10-8-6-4-2/h50,52,55-57,60-62H,3-49,51,53-54H2,1-2H3,(H,59,63)/b52-50+. The van der Waals surface area contributed by atoms with Crippen LogP contribution in [0.4, 0.5) is 0 Å². The molecule has 3 unspecified atom stereocenters. The van der Waals surface area contributed by atoms with Crippen molar-refractivity contribution >= 4 is 5.91 Å². The van der Waals surface area contributed by atoms with E-state index in [0.29, 0.717) is 6.42 Å². The van der Waals surface area contributed by atoms with E-state index in [1.54, 1.807) is 6.08 Å². The van der Waals surface area contributed by atoms with Crippen LogP contribution in [0.5, 0.6) is 0 Å². The number of aliphatic hydroxyl groups is 3. The SMILES string of the molecule is CCCCCCCCCCCCCCCCCCC/C=C/C(O)C(CO)NC(=O)CC(O)CCCCCCCCCCCCCCCCCCCCCCCCCCCCCCC. The summed E-state index contributed by atoms with van der Waals surface area (Å²) in [6, 6.07) is -0.741. The molecule has 1 amide bonds. The average molecular weight is 891 g/mol. The Morgan fingerprint density at radius 1 is 0.397 bits per heavy atom. The van der Waals surface area contributed by atoms with E-state index in [4.69, 9.17) is 0 Å². The molecule has 0 spiro atoms. The van der Waals surface area contributed by atoms with Gasteiger partial charge in [-0.15, -0.1) is 0 Å². The van der Waals surface area contributed by atoms with Gasteiger partial charge in [-0.3, -0.25) is 4.79 Å². The van der Waals surface area contributed by atoms with Crippen molar-refractivity contribution in [2.24, 2.45) is 0 Å². The lowest BCUT2D eigenvalue weighted by Crippen LogP contribution is -2.45. The van der Waals surface area contributed by atoms with Gasteiger partial charge in [0.25, 0.3) is 0 Å². The Morgan fingerprint density at radius 3 is 0.921 bits per heavy atom. The van der Waals surface area contributed by atoms with E-state index >= 15 is 0 Å². The van der Waals surface area contributed by atoms with Gasteiger partial charge in [-0.05, 0) is 19.3 Å². The molecule has 0 aromatic carbocycles. The van der Waals surface area contributed by atoms with Crippen molar-refractivity contribution < 1.29 is 20.1 Å². The maximum atomic E-state index is 12.5. The maximum Gasteiger partial charge on any atom is 0.222 e. The van der Waals surface area contributed by atoms with E-state index in [0.717, 1.165) is 25.7 Å². The third-order valence-corrected chi connectivity index (χ3v) is 13.8. The zero-order chi connectivity index (χ0) is 45.8. The molecular weight excluding hydrogens is 775 g/mol. The lowest BCUT2D eigenvalue weighted by Gasteiger charge is -2.21. The predicted octanol–water partition coefficient (Wildman–Crippen LogP) is 17.9. The van der Waals surface area contributed by atoms with Crippen molar-refractivity contribution in [2.45, 2.75) is 347 Å². The van der Waals surface area contributed by atoms with Gasteiger partial charge in [0.15, 0.2) is 0 Å². The van der Waals surface area contributed by atoms with Gasteiger partial charge in [-0.1, -0.05) is 315 Å². The Labute approximate surface area is 395 Å². The molecule has 0 aliphatic carbocycles. The van der Waals surface area contributed by atoms with Gasteiger partial charge < -0.3 is 20.6 Å². The third kappa shape index (κ3) is 50.3. The molecule has 376 valence electrons. The summed E-state index contributed by atoms with van der Waals surface area (Å²) in [5.41, 5.74) is 0. The molecule has 0 bridgehead atoms. The van der Waals surface area contributed by atoms with Crippen LogP contribution in [0.15, 0.2) is 12.2 Å². The van der Waals surface area contributed by atoms with Gasteiger partial charge in [0, 0.05) is 0 Å². The topological polar surface area (TPSA) is 89.8 Å². The van der Waals surface area contributed by atoms with Crippen LogP contribution in [0.1, 0.15) is 328 Å². The van der Waals surface area contributed by atoms with Crippen molar-refractivity contribution in [2.75, 3.05) is 6.61 Å². The van der Waals surface area contributed by atoms with Crippen LogP contribution in [0.2, 0.25) is 0 Å². The molecule has 0 saturated heterocycles. The lowest BCUT2D eigenvalue weighted by atomic mass is 10.0. The molecule has 0 aromatic heterocycles. The fraction of sp³-hybridized carbons (Fsp3) is 0.948. The minimum absolute atomic E-state index is 0.0196. The van der Waals surface area contributed by atoms with Gasteiger partial charge in [0.1, 0.15) is 0 Å². The first kappa shape index (κ1) is 62.1. The summed E-state index contributed by atoms with van der Waals surface area (Å²) in [7, 11) is 0. The minimum Gasteiger partial charge on any atom is -0.394 e. The Hall–Kier alpha value is -0.910. The van der Waals surface area contributed by atoms with E-state index in [2.05, 4.69) is 19.2 Å². The summed E-state index contributed by atoms with van der Waals surface area (Å²) in [4.78, 5) is 12.5. The number of rotatable bonds is 54. The summed E-state index contributed by atoms with van der Waals surface area (Å²) >= 11 is 0. The second-order valence-electron chi connectivity index (χ2n) is 20.3. The number of amides is 1. The van der Waals surface area contributed by atoms with Gasteiger partial charge in [0.2, 0.25) is 5.91 Å². The first-order chi connectivity index (χ1) is 31.0. The highest BCUT2D eigenvalue weighted by molar-refractivity contribution is 5.76. The number of unbranched alkanes of at least 4 members (excludes halogenated alkanes) is 45. The second-order valence-corrected chi connectivity index (χ2v) is 20.3. The van der Waals surface area contributed by atoms with Crippen molar-refractivity contribution in [3.8, 4) is 0 Å². The van der Waals surface area contributed by atoms with Crippen molar-refractivity contribution in [1.29, 1.82) is 0 Å². The summed E-state index contributed by atoms with van der Waals surface area (Å²) < 4.78 is 0. The molecule has 0 heterocycles. The fourth-order valence-electron chi connectivity index (χ4n) is 9.40. The van der Waals surface area contributed by atoms with Crippen LogP contribution in [0, 0.1) is 0 Å². The first-order valence-corrected chi connectivity index (χ1v) is 29.0. The van der Waals surface area contributed by atoms with Crippen LogP contribution < -0.4 is 5.32 Å². The number of allylic oxidation sites excluding steroid dienone is 1. The van der Waals surface area contributed by atoms with Gasteiger partial charge in [-0.25, -0.2) is 0 Å². The number of nitrogens with one attached hydrogen (secondary N) is 1. The Balaban J connectivity index is 3.50. The molecule has 0 aliphatic heterocycles. The number of carbonyl (C=O) groups is 1. The fourth-order valence-corrected chi connectivity index (χ4v) is 9.40. The average Bonchev–Trinajstić information content (AvgIpc) is 3.28. The zero-order valence-electron chi connectivity index (χ0n) is 43.0. The minimum atomic E-state index is -0.926. The highest BCUT2D eigenvalue weighted by atomic mass is 16.3. The number of carbonyl (C=O) groups excluding carboxylic acids is 1. The molecular formula is C58H115NO4.